The second kappa shape index (κ2) is 6.82. The van der Waals surface area contributed by atoms with Gasteiger partial charge in [0.1, 0.15) is 5.75 Å². The average Bonchev–Trinajstić information content (AvgIpc) is 2.86. The van der Waals surface area contributed by atoms with E-state index in [1.54, 1.807) is 36.4 Å². The normalized spacial score (nSPS) is 10.0. The maximum atomic E-state index is 12.0. The Morgan fingerprint density at radius 2 is 1.91 bits per heavy atom. The molecule has 0 unspecified atom stereocenters. The Kier molecular flexibility index (Phi) is 5.06. The van der Waals surface area contributed by atoms with Crippen LogP contribution in [0.1, 0.15) is 15.9 Å². The first-order valence-electron chi connectivity index (χ1n) is 6.05. The molecule has 0 aliphatic carbocycles. The second-order valence-electron chi connectivity index (χ2n) is 4.21. The molecule has 2 aromatic carbocycles. The first kappa shape index (κ1) is 16.3. The maximum absolute atomic E-state index is 12.0. The third-order valence-corrected chi connectivity index (χ3v) is 3.64. The van der Waals surface area contributed by atoms with E-state index in [0.29, 0.717) is 21.6 Å². The van der Waals surface area contributed by atoms with Crippen LogP contribution in [0, 0.1) is 6.08 Å². The molecule has 1 radical (unpaired) electrons. The van der Waals surface area contributed by atoms with Crippen molar-refractivity contribution in [3.8, 4) is 5.75 Å². The Bertz CT molecular complexity index is 877. The fraction of sp³-hybridized carbons (Fsp3) is 0. The number of esters is 1. The predicted molar refractivity (Wildman–Crippen MR) is 79.7 cm³/mol. The van der Waals surface area contributed by atoms with Gasteiger partial charge < -0.3 is 9.15 Å². The van der Waals surface area contributed by atoms with Gasteiger partial charge in [-0.15, -0.1) is 12.1 Å². The molecule has 0 aliphatic heterocycles. The summed E-state index contributed by atoms with van der Waals surface area (Å²) < 4.78 is 11.0. The fourth-order valence-electron chi connectivity index (χ4n) is 1.81. The van der Waals surface area contributed by atoms with E-state index in [2.05, 4.69) is 12.7 Å². The summed E-state index contributed by atoms with van der Waals surface area (Å²) >= 11 is 1.00. The summed E-state index contributed by atoms with van der Waals surface area (Å²) in [5.74, 6) is -0.157. The fourth-order valence-corrected chi connectivity index (χ4v) is 2.45. The summed E-state index contributed by atoms with van der Waals surface area (Å²) in [7, 11) is 0. The Hall–Kier alpha value is -2.04. The number of hydrogen-bond donors (Lipinski definition) is 0. The van der Waals surface area contributed by atoms with Crippen molar-refractivity contribution in [2.24, 2.45) is 0 Å². The zero-order valence-corrected chi connectivity index (χ0v) is 13.6. The van der Waals surface area contributed by atoms with Crippen LogP contribution in [-0.4, -0.2) is 5.97 Å². The van der Waals surface area contributed by atoms with Crippen molar-refractivity contribution >= 4 is 27.6 Å². The van der Waals surface area contributed by atoms with Gasteiger partial charge in [-0.25, -0.2) is 9.59 Å². The SMILES string of the molecule is C=[C-]c1ccc(C(=O)Oc2ccc3sc(=O)oc3c2)cc1.[Rh]. The minimum absolute atomic E-state index is 0. The Morgan fingerprint density at radius 3 is 2.59 bits per heavy atom. The van der Waals surface area contributed by atoms with Gasteiger partial charge in [-0.1, -0.05) is 11.3 Å². The largest absolute Gasteiger partial charge is 0.423 e. The van der Waals surface area contributed by atoms with E-state index in [-0.39, 0.29) is 24.4 Å². The van der Waals surface area contributed by atoms with E-state index in [1.165, 1.54) is 6.07 Å². The molecule has 0 bridgehead atoms. The number of carbonyl (C=O) groups excluding carboxylic acids is 1. The number of rotatable bonds is 3. The van der Waals surface area contributed by atoms with Crippen LogP contribution in [0.3, 0.4) is 0 Å². The average molecular weight is 400 g/mol. The Morgan fingerprint density at radius 1 is 1.18 bits per heavy atom. The van der Waals surface area contributed by atoms with Crippen molar-refractivity contribution in [2.75, 3.05) is 0 Å². The van der Waals surface area contributed by atoms with E-state index in [1.807, 2.05) is 0 Å². The molecule has 0 spiro atoms. The first-order valence-corrected chi connectivity index (χ1v) is 6.86. The Labute approximate surface area is 142 Å². The minimum Gasteiger partial charge on any atom is -0.423 e. The number of carbonyl (C=O) groups is 1. The van der Waals surface area contributed by atoms with E-state index >= 15 is 0 Å². The molecular formula is C16H9O4RhS-. The van der Waals surface area contributed by atoms with E-state index in [4.69, 9.17) is 9.15 Å². The molecule has 3 rings (SSSR count). The Balaban J connectivity index is 0.00000176. The molecule has 0 N–H and O–H groups in total. The van der Waals surface area contributed by atoms with Crippen LogP contribution in [0.25, 0.3) is 10.3 Å². The zero-order chi connectivity index (χ0) is 14.8. The molecule has 0 saturated heterocycles. The smallest absolute Gasteiger partial charge is 0.396 e. The maximum Gasteiger partial charge on any atom is 0.396 e. The summed E-state index contributed by atoms with van der Waals surface area (Å²) in [5, 5.41) is 0. The second-order valence-corrected chi connectivity index (χ2v) is 5.18. The van der Waals surface area contributed by atoms with E-state index in [9.17, 15) is 9.59 Å². The van der Waals surface area contributed by atoms with Crippen molar-refractivity contribution < 1.29 is 33.4 Å². The molecule has 0 fully saturated rings. The monoisotopic (exact) mass is 400 g/mol. The first-order chi connectivity index (χ1) is 10.2. The number of ether oxygens (including phenoxy) is 1. The van der Waals surface area contributed by atoms with Gasteiger partial charge in [0, 0.05) is 31.1 Å². The molecule has 0 aliphatic rings. The van der Waals surface area contributed by atoms with E-state index in [0.717, 1.165) is 16.9 Å². The van der Waals surface area contributed by atoms with Gasteiger partial charge in [0.05, 0.1) is 4.70 Å². The number of fused-ring (bicyclic) bond motifs is 1. The summed E-state index contributed by atoms with van der Waals surface area (Å²) in [5.41, 5.74) is 1.63. The quantitative estimate of drug-likeness (QED) is 0.293. The van der Waals surface area contributed by atoms with Crippen LogP contribution >= 0.6 is 11.3 Å². The van der Waals surface area contributed by atoms with Gasteiger partial charge in [0.15, 0.2) is 5.58 Å². The summed E-state index contributed by atoms with van der Waals surface area (Å²) in [6.45, 7) is 3.53. The van der Waals surface area contributed by atoms with Crippen LogP contribution in [0.5, 0.6) is 5.75 Å². The molecule has 1 aromatic heterocycles. The topological polar surface area (TPSA) is 56.5 Å². The van der Waals surface area contributed by atoms with Crippen molar-refractivity contribution in [1.29, 1.82) is 0 Å². The number of hydrogen-bond acceptors (Lipinski definition) is 5. The van der Waals surface area contributed by atoms with Gasteiger partial charge in [-0.3, -0.25) is 0 Å². The molecule has 0 saturated carbocycles. The summed E-state index contributed by atoms with van der Waals surface area (Å²) in [4.78, 5) is 22.8. The molecular weight excluding hydrogens is 391 g/mol. The molecule has 0 amide bonds. The molecule has 113 valence electrons. The summed E-state index contributed by atoms with van der Waals surface area (Å²) in [6.07, 6.45) is 2.72. The van der Waals surface area contributed by atoms with Crippen molar-refractivity contribution in [2.45, 2.75) is 0 Å². The predicted octanol–water partition coefficient (Wildman–Crippen LogP) is 3.41. The van der Waals surface area contributed by atoms with Crippen LogP contribution < -0.4 is 9.68 Å². The van der Waals surface area contributed by atoms with Gasteiger partial charge in [-0.05, 0) is 12.1 Å². The van der Waals surface area contributed by atoms with Gasteiger partial charge >= 0.3 is 10.9 Å². The molecule has 1 heterocycles. The standard InChI is InChI=1S/C16H9O4S.Rh/c1-2-10-3-5-11(6-4-10)15(17)19-12-7-8-14-13(9-12)20-16(18)21-14;/h3-9H,1H2;/q-1;. The molecule has 4 nitrogen and oxygen atoms in total. The molecule has 0 atom stereocenters. The molecule has 6 heteroatoms. The molecule has 22 heavy (non-hydrogen) atoms. The van der Waals surface area contributed by atoms with Gasteiger partial charge in [0.25, 0.3) is 0 Å². The van der Waals surface area contributed by atoms with Crippen LogP contribution in [-0.2, 0) is 19.5 Å². The third-order valence-electron chi connectivity index (χ3n) is 2.84. The van der Waals surface area contributed by atoms with Crippen LogP contribution in [0.15, 0.2) is 58.3 Å². The summed E-state index contributed by atoms with van der Waals surface area (Å²) in [6, 6.07) is 11.6. The minimum atomic E-state index is -0.484. The number of benzene rings is 2. The van der Waals surface area contributed by atoms with Crippen molar-refractivity contribution in [3.05, 3.63) is 76.0 Å². The van der Waals surface area contributed by atoms with Gasteiger partial charge in [-0.2, -0.15) is 30.4 Å². The van der Waals surface area contributed by atoms with Crippen LogP contribution in [0.2, 0.25) is 0 Å². The third kappa shape index (κ3) is 3.40. The zero-order valence-electron chi connectivity index (χ0n) is 11.1. The van der Waals surface area contributed by atoms with Gasteiger partial charge in [0.2, 0.25) is 0 Å². The van der Waals surface area contributed by atoms with Crippen molar-refractivity contribution in [3.63, 3.8) is 0 Å². The van der Waals surface area contributed by atoms with E-state index < -0.39 is 5.97 Å². The van der Waals surface area contributed by atoms with Crippen molar-refractivity contribution in [1.82, 2.24) is 0 Å². The molecule has 3 aromatic rings. The van der Waals surface area contributed by atoms with Crippen LogP contribution in [0.4, 0.5) is 0 Å².